The number of hydrogen-bond acceptors (Lipinski definition) is 2. The van der Waals surface area contributed by atoms with Gasteiger partial charge in [0.05, 0.1) is 12.4 Å². The maximum absolute atomic E-state index is 13.0. The van der Waals surface area contributed by atoms with Crippen molar-refractivity contribution in [3.05, 3.63) is 29.6 Å². The molecule has 1 aromatic heterocycles. The van der Waals surface area contributed by atoms with E-state index in [1.807, 2.05) is 13.8 Å². The van der Waals surface area contributed by atoms with Crippen molar-refractivity contribution < 1.29 is 8.78 Å². The van der Waals surface area contributed by atoms with Crippen LogP contribution in [-0.2, 0) is 6.54 Å². The quantitative estimate of drug-likeness (QED) is 0.779. The Balaban J connectivity index is 2.75. The van der Waals surface area contributed by atoms with Gasteiger partial charge in [-0.25, -0.2) is 8.78 Å². The lowest BCUT2D eigenvalue weighted by Crippen LogP contribution is -2.23. The van der Waals surface area contributed by atoms with Gasteiger partial charge in [0.25, 0.3) is 0 Å². The molecule has 0 aliphatic carbocycles. The molecule has 0 unspecified atom stereocenters. The Morgan fingerprint density at radius 3 is 2.31 bits per heavy atom. The Kier molecular flexibility index (Phi) is 3.31. The summed E-state index contributed by atoms with van der Waals surface area (Å²) >= 11 is 0. The van der Waals surface area contributed by atoms with E-state index < -0.39 is 11.6 Å². The van der Waals surface area contributed by atoms with Crippen LogP contribution >= 0.6 is 0 Å². The molecule has 1 aromatic rings. The van der Waals surface area contributed by atoms with E-state index in [-0.39, 0.29) is 18.2 Å². The maximum Gasteiger partial charge on any atom is 0.148 e. The number of halogens is 2. The highest BCUT2D eigenvalue weighted by Crippen LogP contribution is 2.09. The van der Waals surface area contributed by atoms with Crippen LogP contribution in [0.15, 0.2) is 12.4 Å². The third-order valence-electron chi connectivity index (χ3n) is 1.64. The molecule has 1 N–H and O–H groups in total. The molecule has 0 bridgehead atoms. The highest BCUT2D eigenvalue weighted by molar-refractivity contribution is 5.14. The Morgan fingerprint density at radius 1 is 1.31 bits per heavy atom. The number of nitrogens with zero attached hydrogens (tertiary/aromatic N) is 1. The van der Waals surface area contributed by atoms with Gasteiger partial charge in [0, 0.05) is 18.2 Å². The van der Waals surface area contributed by atoms with Crippen molar-refractivity contribution in [3.63, 3.8) is 0 Å². The lowest BCUT2D eigenvalue weighted by molar-refractivity contribution is 0.509. The van der Waals surface area contributed by atoms with Gasteiger partial charge in [-0.15, -0.1) is 0 Å². The van der Waals surface area contributed by atoms with Crippen LogP contribution in [-0.4, -0.2) is 11.0 Å². The van der Waals surface area contributed by atoms with E-state index in [0.29, 0.717) is 0 Å². The molecule has 0 saturated carbocycles. The predicted molar refractivity (Wildman–Crippen MR) is 46.1 cm³/mol. The summed E-state index contributed by atoms with van der Waals surface area (Å²) in [6.07, 6.45) is 2.03. The summed E-state index contributed by atoms with van der Waals surface area (Å²) in [5.41, 5.74) is 0.0451. The Bertz CT molecular complexity index is 267. The molecule has 1 rings (SSSR count). The molecular formula is C9H12F2N2. The van der Waals surface area contributed by atoms with Crippen LogP contribution in [0.25, 0.3) is 0 Å². The molecule has 0 atom stereocenters. The van der Waals surface area contributed by atoms with Crippen LogP contribution in [0.5, 0.6) is 0 Å². The SMILES string of the molecule is CC(C)NCc1c(F)cncc1F. The third-order valence-corrected chi connectivity index (χ3v) is 1.64. The van der Waals surface area contributed by atoms with Crippen molar-refractivity contribution in [1.29, 1.82) is 0 Å². The smallest absolute Gasteiger partial charge is 0.148 e. The normalized spacial score (nSPS) is 10.8. The largest absolute Gasteiger partial charge is 0.310 e. The van der Waals surface area contributed by atoms with Gasteiger partial charge in [0.1, 0.15) is 11.6 Å². The van der Waals surface area contributed by atoms with E-state index in [9.17, 15) is 8.78 Å². The highest BCUT2D eigenvalue weighted by Gasteiger charge is 2.08. The van der Waals surface area contributed by atoms with Gasteiger partial charge in [-0.1, -0.05) is 13.8 Å². The van der Waals surface area contributed by atoms with Crippen LogP contribution in [0.2, 0.25) is 0 Å². The topological polar surface area (TPSA) is 24.9 Å². The molecular weight excluding hydrogens is 174 g/mol. The molecule has 0 saturated heterocycles. The summed E-state index contributed by atoms with van der Waals surface area (Å²) in [5, 5.41) is 2.94. The molecule has 4 heteroatoms. The summed E-state index contributed by atoms with van der Waals surface area (Å²) in [7, 11) is 0. The molecule has 0 aliphatic heterocycles. The van der Waals surface area contributed by atoms with Gasteiger partial charge in [-0.2, -0.15) is 0 Å². The summed E-state index contributed by atoms with van der Waals surface area (Å²) < 4.78 is 25.9. The molecule has 0 radical (unpaired) electrons. The molecule has 13 heavy (non-hydrogen) atoms. The molecule has 1 heterocycles. The monoisotopic (exact) mass is 186 g/mol. The van der Waals surface area contributed by atoms with Crippen molar-refractivity contribution >= 4 is 0 Å². The summed E-state index contributed by atoms with van der Waals surface area (Å²) in [4.78, 5) is 3.39. The molecule has 0 spiro atoms. The molecule has 0 amide bonds. The third kappa shape index (κ3) is 2.73. The van der Waals surface area contributed by atoms with Gasteiger partial charge in [0.15, 0.2) is 0 Å². The van der Waals surface area contributed by atoms with Crippen LogP contribution < -0.4 is 5.32 Å². The van der Waals surface area contributed by atoms with Crippen LogP contribution in [0.1, 0.15) is 19.4 Å². The summed E-state index contributed by atoms with van der Waals surface area (Å²) in [6, 6.07) is 0.201. The first-order valence-electron chi connectivity index (χ1n) is 4.12. The maximum atomic E-state index is 13.0. The van der Waals surface area contributed by atoms with Gasteiger partial charge >= 0.3 is 0 Å². The van der Waals surface area contributed by atoms with Gasteiger partial charge in [-0.3, -0.25) is 4.98 Å². The first kappa shape index (κ1) is 10.1. The Hall–Kier alpha value is -1.03. The summed E-state index contributed by atoms with van der Waals surface area (Å²) in [6.45, 7) is 4.02. The lowest BCUT2D eigenvalue weighted by atomic mass is 10.2. The zero-order valence-electron chi connectivity index (χ0n) is 7.64. The van der Waals surface area contributed by atoms with E-state index in [4.69, 9.17) is 0 Å². The minimum absolute atomic E-state index is 0.0451. The van der Waals surface area contributed by atoms with Gasteiger partial charge < -0.3 is 5.32 Å². The van der Waals surface area contributed by atoms with Crippen molar-refractivity contribution in [2.24, 2.45) is 0 Å². The lowest BCUT2D eigenvalue weighted by Gasteiger charge is -2.08. The van der Waals surface area contributed by atoms with Crippen molar-refractivity contribution in [1.82, 2.24) is 10.3 Å². The molecule has 0 aliphatic rings. The minimum Gasteiger partial charge on any atom is -0.310 e. The molecule has 72 valence electrons. The Labute approximate surface area is 76.0 Å². The van der Waals surface area contributed by atoms with Crippen LogP contribution in [0, 0.1) is 11.6 Å². The number of rotatable bonds is 3. The van der Waals surface area contributed by atoms with E-state index in [0.717, 1.165) is 12.4 Å². The minimum atomic E-state index is -0.604. The molecule has 0 aromatic carbocycles. The zero-order valence-corrected chi connectivity index (χ0v) is 7.64. The fraction of sp³-hybridized carbons (Fsp3) is 0.444. The van der Waals surface area contributed by atoms with E-state index in [1.165, 1.54) is 0 Å². The second-order valence-electron chi connectivity index (χ2n) is 3.12. The summed E-state index contributed by atoms with van der Waals surface area (Å²) in [5.74, 6) is -1.21. The second-order valence-corrected chi connectivity index (χ2v) is 3.12. The number of aromatic nitrogens is 1. The standard InChI is InChI=1S/C9H12F2N2/c1-6(2)13-3-7-8(10)4-12-5-9(7)11/h4-6,13H,3H2,1-2H3. The predicted octanol–water partition coefficient (Wildman–Crippen LogP) is 1.86. The zero-order chi connectivity index (χ0) is 9.84. The van der Waals surface area contributed by atoms with Gasteiger partial charge in [0.2, 0.25) is 0 Å². The Morgan fingerprint density at radius 2 is 1.85 bits per heavy atom. The van der Waals surface area contributed by atoms with Crippen molar-refractivity contribution in [2.45, 2.75) is 26.4 Å². The number of pyridine rings is 1. The van der Waals surface area contributed by atoms with Gasteiger partial charge in [-0.05, 0) is 0 Å². The average Bonchev–Trinajstić information content (AvgIpc) is 2.03. The number of hydrogen-bond donors (Lipinski definition) is 1. The average molecular weight is 186 g/mol. The van der Waals surface area contributed by atoms with E-state index in [1.54, 1.807) is 0 Å². The fourth-order valence-corrected chi connectivity index (χ4v) is 0.913. The first-order valence-corrected chi connectivity index (χ1v) is 4.12. The second kappa shape index (κ2) is 4.28. The van der Waals surface area contributed by atoms with E-state index >= 15 is 0 Å². The van der Waals surface area contributed by atoms with E-state index in [2.05, 4.69) is 10.3 Å². The first-order chi connectivity index (χ1) is 6.11. The van der Waals surface area contributed by atoms with Crippen LogP contribution in [0.4, 0.5) is 8.78 Å². The van der Waals surface area contributed by atoms with Crippen molar-refractivity contribution in [2.75, 3.05) is 0 Å². The highest BCUT2D eigenvalue weighted by atomic mass is 19.1. The molecule has 0 fully saturated rings. The number of nitrogens with one attached hydrogen (secondary N) is 1. The van der Waals surface area contributed by atoms with Crippen LogP contribution in [0.3, 0.4) is 0 Å². The molecule has 2 nitrogen and oxygen atoms in total. The fourth-order valence-electron chi connectivity index (χ4n) is 0.913. The van der Waals surface area contributed by atoms with Crippen molar-refractivity contribution in [3.8, 4) is 0 Å².